The Labute approximate surface area is 151 Å². The number of rotatable bonds is 3. The Kier molecular flexibility index (Phi) is 5.52. The minimum Gasteiger partial charge on any atom is -0.326 e. The molecule has 4 nitrogen and oxygen atoms in total. The van der Waals surface area contributed by atoms with Gasteiger partial charge >= 0.3 is 0 Å². The molecule has 0 aliphatic carbocycles. The third-order valence-corrected chi connectivity index (χ3v) is 3.78. The molecule has 0 saturated carbocycles. The zero-order valence-corrected chi connectivity index (χ0v) is 15.1. The van der Waals surface area contributed by atoms with Crippen LogP contribution in [0.15, 0.2) is 42.5 Å². The van der Waals surface area contributed by atoms with E-state index in [1.807, 2.05) is 20.8 Å². The lowest BCUT2D eigenvalue weighted by Gasteiger charge is -2.18. The number of anilines is 2. The Balaban J connectivity index is 2.14. The molecule has 0 aliphatic rings. The molecule has 0 fully saturated rings. The minimum atomic E-state index is -0.504. The highest BCUT2D eigenvalue weighted by atomic mass is 35.5. The van der Waals surface area contributed by atoms with Crippen molar-refractivity contribution in [1.82, 2.24) is 0 Å². The van der Waals surface area contributed by atoms with Gasteiger partial charge in [-0.1, -0.05) is 50.0 Å². The van der Waals surface area contributed by atoms with Crippen LogP contribution in [0.3, 0.4) is 0 Å². The van der Waals surface area contributed by atoms with E-state index in [1.54, 1.807) is 36.4 Å². The summed E-state index contributed by atoms with van der Waals surface area (Å²) in [5.41, 5.74) is 0.980. The quantitative estimate of drug-likeness (QED) is 0.782. The zero-order chi connectivity index (χ0) is 17.9. The Morgan fingerprint density at radius 3 is 2.12 bits per heavy atom. The van der Waals surface area contributed by atoms with Crippen LogP contribution in [0, 0.1) is 5.41 Å². The third kappa shape index (κ3) is 4.73. The van der Waals surface area contributed by atoms with Crippen molar-refractivity contribution in [3.63, 3.8) is 0 Å². The van der Waals surface area contributed by atoms with Crippen LogP contribution in [0.25, 0.3) is 0 Å². The summed E-state index contributed by atoms with van der Waals surface area (Å²) in [6.45, 7) is 5.49. The highest BCUT2D eigenvalue weighted by molar-refractivity contribution is 6.37. The van der Waals surface area contributed by atoms with Crippen LogP contribution in [0.2, 0.25) is 10.0 Å². The molecular weight excluding hydrogens is 347 g/mol. The van der Waals surface area contributed by atoms with Crippen LogP contribution >= 0.6 is 23.2 Å². The summed E-state index contributed by atoms with van der Waals surface area (Å²) in [7, 11) is 0. The fraction of sp³-hybridized carbons (Fsp3) is 0.222. The second-order valence-electron chi connectivity index (χ2n) is 6.36. The molecule has 2 N–H and O–H groups in total. The van der Waals surface area contributed by atoms with Crippen LogP contribution in [-0.2, 0) is 4.79 Å². The monoisotopic (exact) mass is 364 g/mol. The Morgan fingerprint density at radius 2 is 1.54 bits per heavy atom. The lowest BCUT2D eigenvalue weighted by molar-refractivity contribution is -0.123. The van der Waals surface area contributed by atoms with Gasteiger partial charge in [-0.3, -0.25) is 9.59 Å². The number of halogens is 2. The summed E-state index contributed by atoms with van der Waals surface area (Å²) in [5.74, 6) is -0.456. The molecule has 24 heavy (non-hydrogen) atoms. The molecule has 0 heterocycles. The zero-order valence-electron chi connectivity index (χ0n) is 13.6. The van der Waals surface area contributed by atoms with Crippen molar-refractivity contribution >= 4 is 46.4 Å². The minimum absolute atomic E-state index is 0.105. The van der Waals surface area contributed by atoms with Gasteiger partial charge in [0.1, 0.15) is 0 Å². The summed E-state index contributed by atoms with van der Waals surface area (Å²) in [4.78, 5) is 24.4. The van der Waals surface area contributed by atoms with Crippen LogP contribution in [0.1, 0.15) is 31.1 Å². The lowest BCUT2D eigenvalue weighted by atomic mass is 9.95. The fourth-order valence-corrected chi connectivity index (χ4v) is 2.36. The van der Waals surface area contributed by atoms with Crippen molar-refractivity contribution in [3.8, 4) is 0 Å². The molecule has 6 heteroatoms. The van der Waals surface area contributed by atoms with E-state index in [1.165, 1.54) is 6.07 Å². The Hall–Kier alpha value is -2.04. The maximum absolute atomic E-state index is 12.3. The molecule has 0 spiro atoms. The van der Waals surface area contributed by atoms with Crippen LogP contribution in [-0.4, -0.2) is 11.8 Å². The van der Waals surface area contributed by atoms with E-state index >= 15 is 0 Å². The molecule has 0 unspecified atom stereocenters. The van der Waals surface area contributed by atoms with E-state index in [0.717, 1.165) is 0 Å². The summed E-state index contributed by atoms with van der Waals surface area (Å²) in [6.07, 6.45) is 0. The molecular formula is C18H18Cl2N2O2. The SMILES string of the molecule is CC(C)(C)C(=O)Nc1cccc(NC(=O)c2ccc(Cl)cc2Cl)c1. The van der Waals surface area contributed by atoms with Gasteiger partial charge < -0.3 is 10.6 Å². The molecule has 2 rings (SSSR count). The van der Waals surface area contributed by atoms with Gasteiger partial charge in [-0.2, -0.15) is 0 Å². The first kappa shape index (κ1) is 18.3. The summed E-state index contributed by atoms with van der Waals surface area (Å²) in [5, 5.41) is 6.31. The van der Waals surface area contributed by atoms with Crippen molar-refractivity contribution in [2.24, 2.45) is 5.41 Å². The van der Waals surface area contributed by atoms with E-state index in [2.05, 4.69) is 10.6 Å². The second-order valence-corrected chi connectivity index (χ2v) is 7.21. The van der Waals surface area contributed by atoms with Gasteiger partial charge in [-0.15, -0.1) is 0 Å². The van der Waals surface area contributed by atoms with Crippen LogP contribution in [0.5, 0.6) is 0 Å². The molecule has 0 aromatic heterocycles. The van der Waals surface area contributed by atoms with E-state index < -0.39 is 5.41 Å². The van der Waals surface area contributed by atoms with E-state index in [-0.39, 0.29) is 16.8 Å². The Bertz CT molecular complexity index is 783. The summed E-state index contributed by atoms with van der Waals surface area (Å²) < 4.78 is 0. The average molecular weight is 365 g/mol. The first-order chi connectivity index (χ1) is 11.2. The second kappa shape index (κ2) is 7.24. The molecule has 126 valence electrons. The summed E-state index contributed by atoms with van der Waals surface area (Å²) in [6, 6.07) is 11.6. The standard InChI is InChI=1S/C18H18Cl2N2O2/c1-18(2,3)17(24)22-13-6-4-5-12(10-13)21-16(23)14-8-7-11(19)9-15(14)20/h4-10H,1-3H3,(H,21,23)(H,22,24). The van der Waals surface area contributed by atoms with E-state index in [9.17, 15) is 9.59 Å². The van der Waals surface area contributed by atoms with Crippen molar-refractivity contribution < 1.29 is 9.59 Å². The molecule has 0 bridgehead atoms. The van der Waals surface area contributed by atoms with Crippen molar-refractivity contribution in [2.75, 3.05) is 10.6 Å². The average Bonchev–Trinajstić information content (AvgIpc) is 2.46. The van der Waals surface area contributed by atoms with Gasteiger partial charge in [0, 0.05) is 21.8 Å². The first-order valence-corrected chi connectivity index (χ1v) is 8.10. The third-order valence-electron chi connectivity index (χ3n) is 3.24. The molecule has 0 saturated heterocycles. The largest absolute Gasteiger partial charge is 0.326 e. The number of nitrogens with one attached hydrogen (secondary N) is 2. The normalized spacial score (nSPS) is 11.0. The number of hydrogen-bond acceptors (Lipinski definition) is 2. The Morgan fingerprint density at radius 1 is 0.917 bits per heavy atom. The highest BCUT2D eigenvalue weighted by Crippen LogP contribution is 2.23. The lowest BCUT2D eigenvalue weighted by Crippen LogP contribution is -2.27. The van der Waals surface area contributed by atoms with E-state index in [4.69, 9.17) is 23.2 Å². The van der Waals surface area contributed by atoms with Gasteiger partial charge in [0.05, 0.1) is 10.6 Å². The van der Waals surface area contributed by atoms with Crippen molar-refractivity contribution in [1.29, 1.82) is 0 Å². The van der Waals surface area contributed by atoms with Gasteiger partial charge in [0.15, 0.2) is 0 Å². The fourth-order valence-electron chi connectivity index (χ4n) is 1.87. The number of hydrogen-bond donors (Lipinski definition) is 2. The van der Waals surface area contributed by atoms with Crippen LogP contribution in [0.4, 0.5) is 11.4 Å². The summed E-state index contributed by atoms with van der Waals surface area (Å²) >= 11 is 11.9. The van der Waals surface area contributed by atoms with Crippen LogP contribution < -0.4 is 10.6 Å². The highest BCUT2D eigenvalue weighted by Gasteiger charge is 2.21. The molecule has 0 atom stereocenters. The number of amides is 2. The predicted molar refractivity (Wildman–Crippen MR) is 98.9 cm³/mol. The number of benzene rings is 2. The van der Waals surface area contributed by atoms with Crippen molar-refractivity contribution in [2.45, 2.75) is 20.8 Å². The molecule has 0 aliphatic heterocycles. The molecule has 2 aromatic carbocycles. The molecule has 0 radical (unpaired) electrons. The van der Waals surface area contributed by atoms with Gasteiger partial charge in [-0.05, 0) is 36.4 Å². The molecule has 2 aromatic rings. The van der Waals surface area contributed by atoms with Gasteiger partial charge in [0.25, 0.3) is 5.91 Å². The topological polar surface area (TPSA) is 58.2 Å². The molecule has 2 amide bonds. The number of carbonyl (C=O) groups excluding carboxylic acids is 2. The van der Waals surface area contributed by atoms with Crippen molar-refractivity contribution in [3.05, 3.63) is 58.1 Å². The first-order valence-electron chi connectivity index (χ1n) is 7.35. The predicted octanol–water partition coefficient (Wildman–Crippen LogP) is 5.23. The maximum atomic E-state index is 12.3. The van der Waals surface area contributed by atoms with E-state index in [0.29, 0.717) is 22.0 Å². The number of carbonyl (C=O) groups is 2. The smallest absolute Gasteiger partial charge is 0.257 e. The van der Waals surface area contributed by atoms with Gasteiger partial charge in [0.2, 0.25) is 5.91 Å². The van der Waals surface area contributed by atoms with Gasteiger partial charge in [-0.25, -0.2) is 0 Å². The maximum Gasteiger partial charge on any atom is 0.257 e.